The van der Waals surface area contributed by atoms with Crippen molar-refractivity contribution < 1.29 is 9.90 Å². The highest BCUT2D eigenvalue weighted by Gasteiger charge is 2.02. The van der Waals surface area contributed by atoms with Gasteiger partial charge in [0.2, 0.25) is 0 Å². The second-order valence-electron chi connectivity index (χ2n) is 3.71. The second kappa shape index (κ2) is 6.36. The van der Waals surface area contributed by atoms with Crippen molar-refractivity contribution in [3.8, 4) is 0 Å². The topological polar surface area (TPSA) is 37.3 Å². The molecule has 1 N–H and O–H groups in total. The van der Waals surface area contributed by atoms with Crippen LogP contribution in [0.3, 0.4) is 0 Å². The highest BCUT2D eigenvalue weighted by molar-refractivity contribution is 5.80. The molecule has 0 aliphatic carbocycles. The summed E-state index contributed by atoms with van der Waals surface area (Å²) in [7, 11) is 0. The van der Waals surface area contributed by atoms with Gasteiger partial charge in [0, 0.05) is 19.4 Å². The summed E-state index contributed by atoms with van der Waals surface area (Å²) < 4.78 is 0. The molecule has 1 aromatic carbocycles. The molecule has 0 radical (unpaired) electrons. The summed E-state index contributed by atoms with van der Waals surface area (Å²) in [4.78, 5) is 11.4. The quantitative estimate of drug-likeness (QED) is 0.774. The molecule has 82 valence electrons. The van der Waals surface area contributed by atoms with Gasteiger partial charge in [0.05, 0.1) is 0 Å². The van der Waals surface area contributed by atoms with Crippen LogP contribution in [0, 0.1) is 0 Å². The average Bonchev–Trinajstić information content (AvgIpc) is 2.27. The average molecular weight is 206 g/mol. The number of hydrogen-bond donors (Lipinski definition) is 1. The molecular formula is C13H18O2. The van der Waals surface area contributed by atoms with Gasteiger partial charge in [-0.3, -0.25) is 4.79 Å². The fourth-order valence-corrected chi connectivity index (χ4v) is 1.49. The van der Waals surface area contributed by atoms with Gasteiger partial charge in [-0.2, -0.15) is 0 Å². The third-order valence-electron chi connectivity index (χ3n) is 2.45. The molecule has 0 bridgehead atoms. The van der Waals surface area contributed by atoms with Crippen molar-refractivity contribution in [3.05, 3.63) is 35.4 Å². The summed E-state index contributed by atoms with van der Waals surface area (Å²) in [6.45, 7) is 2.21. The van der Waals surface area contributed by atoms with Crippen LogP contribution in [0.15, 0.2) is 24.3 Å². The number of Topliss-reactive ketones (excluding diaryl/α,β-unsaturated/α-hetero) is 1. The predicted molar refractivity (Wildman–Crippen MR) is 60.9 cm³/mol. The Morgan fingerprint density at radius 3 is 2.33 bits per heavy atom. The van der Waals surface area contributed by atoms with Crippen LogP contribution in [0.2, 0.25) is 0 Å². The van der Waals surface area contributed by atoms with Gasteiger partial charge in [-0.15, -0.1) is 0 Å². The van der Waals surface area contributed by atoms with E-state index in [1.165, 1.54) is 5.56 Å². The fraction of sp³-hybridized carbons (Fsp3) is 0.462. The van der Waals surface area contributed by atoms with Gasteiger partial charge >= 0.3 is 0 Å². The molecule has 0 aliphatic rings. The Kier molecular flexibility index (Phi) is 5.05. The number of carbonyl (C=O) groups is 1. The lowest BCUT2D eigenvalue weighted by Crippen LogP contribution is -2.03. The van der Waals surface area contributed by atoms with E-state index in [1.807, 2.05) is 12.1 Å². The largest absolute Gasteiger partial charge is 0.396 e. The first-order valence-corrected chi connectivity index (χ1v) is 5.46. The Hall–Kier alpha value is -1.15. The first kappa shape index (κ1) is 11.9. The van der Waals surface area contributed by atoms with E-state index in [0.29, 0.717) is 19.3 Å². The Morgan fingerprint density at radius 1 is 1.20 bits per heavy atom. The maximum absolute atomic E-state index is 11.4. The highest BCUT2D eigenvalue weighted by atomic mass is 16.3. The van der Waals surface area contributed by atoms with Crippen LogP contribution in [-0.2, 0) is 17.6 Å². The SMILES string of the molecule is CCc1ccc(CC(=O)CCCO)cc1. The summed E-state index contributed by atoms with van der Waals surface area (Å²) in [5.74, 6) is 0.202. The molecule has 0 aliphatic heterocycles. The maximum Gasteiger partial charge on any atom is 0.137 e. The molecule has 2 nitrogen and oxygen atoms in total. The van der Waals surface area contributed by atoms with E-state index < -0.39 is 0 Å². The number of carbonyl (C=O) groups excluding carboxylic acids is 1. The van der Waals surface area contributed by atoms with E-state index >= 15 is 0 Å². The first-order valence-electron chi connectivity index (χ1n) is 5.46. The van der Waals surface area contributed by atoms with E-state index in [4.69, 9.17) is 5.11 Å². The summed E-state index contributed by atoms with van der Waals surface area (Å²) in [6, 6.07) is 8.15. The normalized spacial score (nSPS) is 10.3. The van der Waals surface area contributed by atoms with Crippen LogP contribution in [0.1, 0.15) is 30.9 Å². The van der Waals surface area contributed by atoms with Crippen LogP contribution < -0.4 is 0 Å². The van der Waals surface area contributed by atoms with Gasteiger partial charge < -0.3 is 5.11 Å². The molecule has 0 unspecified atom stereocenters. The first-order chi connectivity index (χ1) is 7.26. The van der Waals surface area contributed by atoms with Crippen molar-refractivity contribution in [2.75, 3.05) is 6.61 Å². The van der Waals surface area contributed by atoms with Gasteiger partial charge in [-0.1, -0.05) is 31.2 Å². The molecule has 0 aromatic heterocycles. The Bertz CT molecular complexity index is 301. The Morgan fingerprint density at radius 2 is 1.80 bits per heavy atom. The molecule has 0 fully saturated rings. The lowest BCUT2D eigenvalue weighted by Gasteiger charge is -2.02. The molecular weight excluding hydrogens is 188 g/mol. The molecule has 0 saturated carbocycles. The maximum atomic E-state index is 11.4. The zero-order chi connectivity index (χ0) is 11.1. The molecule has 15 heavy (non-hydrogen) atoms. The number of aliphatic hydroxyl groups excluding tert-OH is 1. The second-order valence-corrected chi connectivity index (χ2v) is 3.71. The van der Waals surface area contributed by atoms with Gasteiger partial charge in [0.15, 0.2) is 0 Å². The van der Waals surface area contributed by atoms with Crippen LogP contribution in [-0.4, -0.2) is 17.5 Å². The monoisotopic (exact) mass is 206 g/mol. The Balaban J connectivity index is 2.46. The Labute approximate surface area is 90.9 Å². The van der Waals surface area contributed by atoms with Crippen molar-refractivity contribution in [1.29, 1.82) is 0 Å². The summed E-state index contributed by atoms with van der Waals surface area (Å²) in [5, 5.41) is 8.60. The van der Waals surface area contributed by atoms with Crippen LogP contribution in [0.25, 0.3) is 0 Å². The molecule has 1 rings (SSSR count). The third kappa shape index (κ3) is 4.26. The smallest absolute Gasteiger partial charge is 0.137 e. The summed E-state index contributed by atoms with van der Waals surface area (Å²) >= 11 is 0. The van der Waals surface area contributed by atoms with E-state index in [1.54, 1.807) is 0 Å². The number of rotatable bonds is 6. The minimum absolute atomic E-state index is 0.0977. The molecule has 2 heteroatoms. The number of benzene rings is 1. The third-order valence-corrected chi connectivity index (χ3v) is 2.45. The van der Waals surface area contributed by atoms with Gasteiger partial charge in [-0.25, -0.2) is 0 Å². The predicted octanol–water partition coefficient (Wildman–Crippen LogP) is 2.13. The van der Waals surface area contributed by atoms with E-state index in [0.717, 1.165) is 12.0 Å². The molecule has 0 saturated heterocycles. The molecule has 0 heterocycles. The van der Waals surface area contributed by atoms with Crippen molar-refractivity contribution in [2.45, 2.75) is 32.6 Å². The van der Waals surface area contributed by atoms with Crippen LogP contribution in [0.4, 0.5) is 0 Å². The summed E-state index contributed by atoms with van der Waals surface area (Å²) in [5.41, 5.74) is 2.36. The standard InChI is InChI=1S/C13H18O2/c1-2-11-5-7-12(8-6-11)10-13(15)4-3-9-14/h5-8,14H,2-4,9-10H2,1H3. The van der Waals surface area contributed by atoms with Crippen LogP contribution in [0.5, 0.6) is 0 Å². The van der Waals surface area contributed by atoms with E-state index in [-0.39, 0.29) is 12.4 Å². The van der Waals surface area contributed by atoms with E-state index in [9.17, 15) is 4.79 Å². The van der Waals surface area contributed by atoms with Crippen LogP contribution >= 0.6 is 0 Å². The van der Waals surface area contributed by atoms with Crippen molar-refractivity contribution in [3.63, 3.8) is 0 Å². The van der Waals surface area contributed by atoms with Crippen molar-refractivity contribution >= 4 is 5.78 Å². The molecule has 0 atom stereocenters. The lowest BCUT2D eigenvalue weighted by molar-refractivity contribution is -0.118. The minimum Gasteiger partial charge on any atom is -0.396 e. The van der Waals surface area contributed by atoms with Crippen molar-refractivity contribution in [2.24, 2.45) is 0 Å². The molecule has 1 aromatic rings. The number of ketones is 1. The van der Waals surface area contributed by atoms with E-state index in [2.05, 4.69) is 19.1 Å². The van der Waals surface area contributed by atoms with Crippen molar-refractivity contribution in [1.82, 2.24) is 0 Å². The van der Waals surface area contributed by atoms with Gasteiger partial charge in [0.1, 0.15) is 5.78 Å². The molecule has 0 amide bonds. The number of hydrogen-bond acceptors (Lipinski definition) is 2. The zero-order valence-corrected chi connectivity index (χ0v) is 9.20. The zero-order valence-electron chi connectivity index (χ0n) is 9.20. The van der Waals surface area contributed by atoms with Gasteiger partial charge in [-0.05, 0) is 24.0 Å². The minimum atomic E-state index is 0.0977. The lowest BCUT2D eigenvalue weighted by atomic mass is 10.0. The molecule has 0 spiro atoms. The summed E-state index contributed by atoms with van der Waals surface area (Å²) in [6.07, 6.45) is 2.57. The fourth-order valence-electron chi connectivity index (χ4n) is 1.49. The van der Waals surface area contributed by atoms with Gasteiger partial charge in [0.25, 0.3) is 0 Å². The number of aryl methyl sites for hydroxylation is 1. The number of aliphatic hydroxyl groups is 1. The highest BCUT2D eigenvalue weighted by Crippen LogP contribution is 2.07.